The molecule has 2 heterocycles. The number of hydrogen-bond acceptors (Lipinski definition) is 3. The van der Waals surface area contributed by atoms with Gasteiger partial charge in [-0.25, -0.2) is 9.67 Å². The number of pyridine rings is 1. The van der Waals surface area contributed by atoms with Crippen molar-refractivity contribution in [3.8, 4) is 5.82 Å². The van der Waals surface area contributed by atoms with Crippen LogP contribution < -0.4 is 5.73 Å². The molecule has 1 aromatic carbocycles. The number of nitrogens with two attached hydrogens (primary N) is 1. The molecule has 0 saturated heterocycles. The highest BCUT2D eigenvalue weighted by molar-refractivity contribution is 7.80. The average Bonchev–Trinajstić information content (AvgIpc) is 2.73. The van der Waals surface area contributed by atoms with Crippen LogP contribution in [-0.4, -0.2) is 19.8 Å². The molecule has 6 heteroatoms. The molecular weight excluding hydrogens is 304 g/mol. The Morgan fingerprint density at radius 1 is 1.29 bits per heavy atom. The van der Waals surface area contributed by atoms with Crippen molar-refractivity contribution in [2.24, 2.45) is 5.73 Å². The first-order chi connectivity index (χ1) is 9.99. The third-order valence-corrected chi connectivity index (χ3v) is 4.16. The maximum absolute atomic E-state index is 6.21. The van der Waals surface area contributed by atoms with Gasteiger partial charge < -0.3 is 5.73 Å². The molecule has 0 saturated carbocycles. The minimum atomic E-state index is 0.336. The maximum Gasteiger partial charge on any atom is 0.155 e. The van der Waals surface area contributed by atoms with E-state index >= 15 is 0 Å². The van der Waals surface area contributed by atoms with Crippen LogP contribution in [0, 0.1) is 13.8 Å². The van der Waals surface area contributed by atoms with Crippen LogP contribution in [0.2, 0.25) is 5.02 Å². The molecule has 0 aliphatic heterocycles. The zero-order chi connectivity index (χ0) is 15.1. The Hall–Kier alpha value is -1.98. The largest absolute Gasteiger partial charge is 0.389 e. The molecular formula is C15H13ClN4S. The summed E-state index contributed by atoms with van der Waals surface area (Å²) in [7, 11) is 0. The lowest BCUT2D eigenvalue weighted by molar-refractivity contribution is 0.810. The molecule has 0 amide bonds. The number of thiocarbonyl (C=S) groups is 1. The summed E-state index contributed by atoms with van der Waals surface area (Å²) in [5.41, 5.74) is 9.06. The summed E-state index contributed by atoms with van der Waals surface area (Å²) in [4.78, 5) is 4.97. The van der Waals surface area contributed by atoms with Crippen molar-refractivity contribution >= 4 is 39.7 Å². The van der Waals surface area contributed by atoms with E-state index in [2.05, 4.69) is 10.1 Å². The van der Waals surface area contributed by atoms with Gasteiger partial charge in [-0.2, -0.15) is 5.10 Å². The molecule has 0 radical (unpaired) electrons. The van der Waals surface area contributed by atoms with E-state index in [1.165, 1.54) is 0 Å². The van der Waals surface area contributed by atoms with Gasteiger partial charge >= 0.3 is 0 Å². The summed E-state index contributed by atoms with van der Waals surface area (Å²) in [6, 6.07) is 9.59. The van der Waals surface area contributed by atoms with Gasteiger partial charge in [0.2, 0.25) is 0 Å². The highest BCUT2D eigenvalue weighted by Crippen LogP contribution is 2.25. The van der Waals surface area contributed by atoms with E-state index in [-0.39, 0.29) is 0 Å². The number of benzene rings is 1. The van der Waals surface area contributed by atoms with Gasteiger partial charge in [0.1, 0.15) is 4.99 Å². The number of aryl methyl sites for hydroxylation is 1. The summed E-state index contributed by atoms with van der Waals surface area (Å²) in [5, 5.41) is 6.00. The smallest absolute Gasteiger partial charge is 0.155 e. The monoisotopic (exact) mass is 316 g/mol. The number of halogens is 1. The van der Waals surface area contributed by atoms with E-state index in [0.717, 1.165) is 27.9 Å². The van der Waals surface area contributed by atoms with Crippen molar-refractivity contribution in [2.75, 3.05) is 0 Å². The van der Waals surface area contributed by atoms with E-state index in [1.807, 2.05) is 44.2 Å². The highest BCUT2D eigenvalue weighted by Gasteiger charge is 2.14. The summed E-state index contributed by atoms with van der Waals surface area (Å²) in [6.45, 7) is 3.76. The Bertz CT molecular complexity index is 869. The van der Waals surface area contributed by atoms with Gasteiger partial charge in [-0.05, 0) is 26.0 Å². The van der Waals surface area contributed by atoms with E-state index in [9.17, 15) is 0 Å². The van der Waals surface area contributed by atoms with Gasteiger partial charge in [-0.1, -0.05) is 42.0 Å². The van der Waals surface area contributed by atoms with Gasteiger partial charge in [0.05, 0.1) is 21.9 Å². The number of rotatable bonds is 2. The van der Waals surface area contributed by atoms with Gasteiger partial charge in [-0.15, -0.1) is 0 Å². The zero-order valence-corrected chi connectivity index (χ0v) is 13.2. The summed E-state index contributed by atoms with van der Waals surface area (Å²) in [5.74, 6) is 0.656. The van der Waals surface area contributed by atoms with Crippen molar-refractivity contribution in [3.05, 3.63) is 52.3 Å². The van der Waals surface area contributed by atoms with Crippen molar-refractivity contribution < 1.29 is 0 Å². The lowest BCUT2D eigenvalue weighted by Gasteiger charge is -2.09. The molecule has 2 N–H and O–H groups in total. The SMILES string of the molecule is Cc1nn(-c2cc(C(N)=S)c3ccccc3n2)c(C)c1Cl. The van der Waals surface area contributed by atoms with Gasteiger partial charge in [0.25, 0.3) is 0 Å². The zero-order valence-electron chi connectivity index (χ0n) is 11.6. The molecule has 3 rings (SSSR count). The first kappa shape index (κ1) is 14.0. The lowest BCUT2D eigenvalue weighted by Crippen LogP contribution is -2.12. The second kappa shape index (κ2) is 5.09. The number of para-hydroxylation sites is 1. The van der Waals surface area contributed by atoms with Gasteiger partial charge in [0.15, 0.2) is 5.82 Å². The average molecular weight is 317 g/mol. The summed E-state index contributed by atoms with van der Waals surface area (Å²) >= 11 is 11.4. The number of fused-ring (bicyclic) bond motifs is 1. The summed E-state index contributed by atoms with van der Waals surface area (Å²) in [6.07, 6.45) is 0. The third kappa shape index (κ3) is 2.28. The molecule has 0 bridgehead atoms. The van der Waals surface area contributed by atoms with E-state index in [4.69, 9.17) is 29.6 Å². The van der Waals surface area contributed by atoms with Crippen LogP contribution in [-0.2, 0) is 0 Å². The van der Waals surface area contributed by atoms with Crippen molar-refractivity contribution in [2.45, 2.75) is 13.8 Å². The van der Waals surface area contributed by atoms with Crippen LogP contribution in [0.15, 0.2) is 30.3 Å². The Balaban J connectivity index is 2.33. The van der Waals surface area contributed by atoms with E-state index < -0.39 is 0 Å². The van der Waals surface area contributed by atoms with Crippen LogP contribution >= 0.6 is 23.8 Å². The van der Waals surface area contributed by atoms with Crippen molar-refractivity contribution in [1.29, 1.82) is 0 Å². The molecule has 0 atom stereocenters. The fraction of sp³-hybridized carbons (Fsp3) is 0.133. The molecule has 2 aromatic heterocycles. The topological polar surface area (TPSA) is 56.7 Å². The molecule has 0 aliphatic rings. The predicted octanol–water partition coefficient (Wildman–Crippen LogP) is 3.32. The number of aromatic nitrogens is 3. The standard InChI is InChI=1S/C15H13ClN4S/c1-8-14(16)9(2)20(19-8)13-7-11(15(17)21)10-5-3-4-6-12(10)18-13/h3-7H,1-2H3,(H2,17,21). The van der Waals surface area contributed by atoms with Crippen LogP contribution in [0.1, 0.15) is 17.0 Å². The van der Waals surface area contributed by atoms with Crippen molar-refractivity contribution in [3.63, 3.8) is 0 Å². The fourth-order valence-electron chi connectivity index (χ4n) is 2.32. The Morgan fingerprint density at radius 2 is 2.00 bits per heavy atom. The Morgan fingerprint density at radius 3 is 2.62 bits per heavy atom. The fourth-order valence-corrected chi connectivity index (χ4v) is 2.61. The minimum Gasteiger partial charge on any atom is -0.389 e. The van der Waals surface area contributed by atoms with Gasteiger partial charge in [-0.3, -0.25) is 0 Å². The van der Waals surface area contributed by atoms with Gasteiger partial charge in [0, 0.05) is 10.9 Å². The maximum atomic E-state index is 6.21. The second-order valence-electron chi connectivity index (χ2n) is 4.81. The van der Waals surface area contributed by atoms with E-state index in [1.54, 1.807) is 4.68 Å². The van der Waals surface area contributed by atoms with Crippen LogP contribution in [0.4, 0.5) is 0 Å². The lowest BCUT2D eigenvalue weighted by atomic mass is 10.1. The number of hydrogen-bond donors (Lipinski definition) is 1. The molecule has 0 aliphatic carbocycles. The Kier molecular flexibility index (Phi) is 3.39. The van der Waals surface area contributed by atoms with Crippen molar-refractivity contribution in [1.82, 2.24) is 14.8 Å². The first-order valence-electron chi connectivity index (χ1n) is 6.40. The third-order valence-electron chi connectivity index (χ3n) is 3.39. The quantitative estimate of drug-likeness (QED) is 0.737. The molecule has 3 aromatic rings. The Labute approximate surface area is 132 Å². The highest BCUT2D eigenvalue weighted by atomic mass is 35.5. The van der Waals surface area contributed by atoms with Crippen LogP contribution in [0.5, 0.6) is 0 Å². The first-order valence-corrected chi connectivity index (χ1v) is 7.19. The summed E-state index contributed by atoms with van der Waals surface area (Å²) < 4.78 is 1.71. The molecule has 21 heavy (non-hydrogen) atoms. The molecule has 0 fully saturated rings. The molecule has 0 unspecified atom stereocenters. The second-order valence-corrected chi connectivity index (χ2v) is 5.62. The van der Waals surface area contributed by atoms with Crippen LogP contribution in [0.3, 0.4) is 0 Å². The van der Waals surface area contributed by atoms with E-state index in [0.29, 0.717) is 15.8 Å². The predicted molar refractivity (Wildman–Crippen MR) is 89.2 cm³/mol. The number of nitrogens with zero attached hydrogens (tertiary/aromatic N) is 3. The normalized spacial score (nSPS) is 11.0. The molecule has 4 nitrogen and oxygen atoms in total. The van der Waals surface area contributed by atoms with Crippen LogP contribution in [0.25, 0.3) is 16.7 Å². The minimum absolute atomic E-state index is 0.336. The molecule has 0 spiro atoms. The molecule has 106 valence electrons.